The molecule has 2 N–H and O–H groups in total. The number of pyridine rings is 1. The molecule has 1 aliphatic rings. The molecule has 1 fully saturated rings. The molecule has 130 valence electrons. The molecule has 0 amide bonds. The van der Waals surface area contributed by atoms with Crippen LogP contribution in [0.25, 0.3) is 10.9 Å². The highest BCUT2D eigenvalue weighted by atomic mass is 16.5. The third kappa shape index (κ3) is 3.13. The number of fused-ring (bicyclic) bond motifs is 1. The number of nitrogens with two attached hydrogens (primary N) is 1. The number of ether oxygens (including phenoxy) is 2. The minimum absolute atomic E-state index is 0.602. The van der Waals surface area contributed by atoms with Crippen molar-refractivity contribution < 1.29 is 9.47 Å². The van der Waals surface area contributed by atoms with Gasteiger partial charge in [0.1, 0.15) is 0 Å². The molecule has 0 saturated carbocycles. The first-order chi connectivity index (χ1) is 11.7. The highest BCUT2D eigenvalue weighted by molar-refractivity contribution is 5.94. The molecule has 0 aliphatic carbocycles. The van der Waals surface area contributed by atoms with Crippen molar-refractivity contribution >= 4 is 16.6 Å². The minimum Gasteiger partial charge on any atom is -0.493 e. The molecule has 0 radical (unpaired) electrons. The van der Waals surface area contributed by atoms with E-state index in [0.29, 0.717) is 11.7 Å². The van der Waals surface area contributed by atoms with Crippen molar-refractivity contribution in [1.29, 1.82) is 0 Å². The van der Waals surface area contributed by atoms with Gasteiger partial charge >= 0.3 is 0 Å². The lowest BCUT2D eigenvalue weighted by atomic mass is 9.85. The van der Waals surface area contributed by atoms with Gasteiger partial charge in [-0.3, -0.25) is 4.98 Å². The van der Waals surface area contributed by atoms with E-state index in [2.05, 4.69) is 22.9 Å². The minimum atomic E-state index is 0.602. The van der Waals surface area contributed by atoms with Gasteiger partial charge < -0.3 is 20.1 Å². The fourth-order valence-corrected chi connectivity index (χ4v) is 3.64. The molecule has 0 bridgehead atoms. The van der Waals surface area contributed by atoms with Crippen LogP contribution < -0.4 is 20.1 Å². The predicted molar refractivity (Wildman–Crippen MR) is 98.0 cm³/mol. The smallest absolute Gasteiger partial charge is 0.162 e. The summed E-state index contributed by atoms with van der Waals surface area (Å²) in [5.41, 5.74) is 7.99. The van der Waals surface area contributed by atoms with Gasteiger partial charge in [0.15, 0.2) is 11.5 Å². The Morgan fingerprint density at radius 2 is 1.88 bits per heavy atom. The molecule has 2 aromatic rings. The third-order valence-corrected chi connectivity index (χ3v) is 5.28. The van der Waals surface area contributed by atoms with Gasteiger partial charge in [-0.05, 0) is 43.4 Å². The number of methoxy groups -OCH3 is 2. The average Bonchev–Trinajstić information content (AvgIpc) is 2.65. The average molecular weight is 329 g/mol. The molecule has 2 heterocycles. The molecule has 1 unspecified atom stereocenters. The van der Waals surface area contributed by atoms with Crippen LogP contribution in [0.15, 0.2) is 24.4 Å². The number of aromatic nitrogens is 1. The zero-order valence-electron chi connectivity index (χ0n) is 14.8. The summed E-state index contributed by atoms with van der Waals surface area (Å²) >= 11 is 0. The van der Waals surface area contributed by atoms with Crippen molar-refractivity contribution in [3.63, 3.8) is 0 Å². The molecule has 1 saturated heterocycles. The van der Waals surface area contributed by atoms with Crippen LogP contribution in [0.4, 0.5) is 5.69 Å². The van der Waals surface area contributed by atoms with Gasteiger partial charge in [-0.25, -0.2) is 0 Å². The topological polar surface area (TPSA) is 60.6 Å². The molecule has 1 aromatic heterocycles. The van der Waals surface area contributed by atoms with Crippen LogP contribution in [0.1, 0.15) is 19.8 Å². The maximum Gasteiger partial charge on any atom is 0.162 e. The Labute approximate surface area is 143 Å². The molecular weight excluding hydrogens is 302 g/mol. The Balaban J connectivity index is 1.90. The summed E-state index contributed by atoms with van der Waals surface area (Å²) in [5, 5.41) is 1.11. The first-order valence-corrected chi connectivity index (χ1v) is 8.63. The lowest BCUT2D eigenvalue weighted by molar-refractivity contribution is 0.299. The van der Waals surface area contributed by atoms with E-state index in [1.54, 1.807) is 14.2 Å². The van der Waals surface area contributed by atoms with Crippen molar-refractivity contribution in [2.45, 2.75) is 19.8 Å². The molecule has 24 heavy (non-hydrogen) atoms. The van der Waals surface area contributed by atoms with Gasteiger partial charge in [0.2, 0.25) is 0 Å². The van der Waals surface area contributed by atoms with Crippen LogP contribution in [0.3, 0.4) is 0 Å². The van der Waals surface area contributed by atoms with Crippen LogP contribution in [-0.2, 0) is 0 Å². The zero-order valence-corrected chi connectivity index (χ0v) is 14.8. The van der Waals surface area contributed by atoms with Crippen LogP contribution in [0.2, 0.25) is 0 Å². The molecule has 0 spiro atoms. The molecule has 3 rings (SSSR count). The van der Waals surface area contributed by atoms with Crippen molar-refractivity contribution in [1.82, 2.24) is 4.98 Å². The molecule has 1 aliphatic heterocycles. The SMILES string of the molecule is COc1cc2nccc(N3CCC(C(C)CN)CC3)c2cc1OC. The van der Waals surface area contributed by atoms with E-state index in [9.17, 15) is 0 Å². The Morgan fingerprint density at radius 1 is 1.21 bits per heavy atom. The fraction of sp³-hybridized carbons (Fsp3) is 0.526. The number of hydrogen-bond donors (Lipinski definition) is 1. The second-order valence-corrected chi connectivity index (χ2v) is 6.59. The van der Waals surface area contributed by atoms with Gasteiger partial charge in [0.25, 0.3) is 0 Å². The van der Waals surface area contributed by atoms with E-state index in [1.807, 2.05) is 18.3 Å². The van der Waals surface area contributed by atoms with E-state index >= 15 is 0 Å². The maximum atomic E-state index is 5.83. The first-order valence-electron chi connectivity index (χ1n) is 8.63. The Bertz CT molecular complexity index is 696. The lowest BCUT2D eigenvalue weighted by Gasteiger charge is -2.36. The Hall–Kier alpha value is -2.01. The molecule has 5 nitrogen and oxygen atoms in total. The lowest BCUT2D eigenvalue weighted by Crippen LogP contribution is -2.37. The quantitative estimate of drug-likeness (QED) is 0.913. The summed E-state index contributed by atoms with van der Waals surface area (Å²) in [4.78, 5) is 6.95. The van der Waals surface area contributed by atoms with Crippen LogP contribution in [0, 0.1) is 11.8 Å². The molecule has 5 heteroatoms. The summed E-state index contributed by atoms with van der Waals surface area (Å²) in [7, 11) is 3.32. The predicted octanol–water partition coefficient (Wildman–Crippen LogP) is 3.06. The van der Waals surface area contributed by atoms with Crippen molar-refractivity contribution in [2.24, 2.45) is 17.6 Å². The number of nitrogens with zero attached hydrogens (tertiary/aromatic N) is 2. The van der Waals surface area contributed by atoms with Gasteiger partial charge in [-0.2, -0.15) is 0 Å². The van der Waals surface area contributed by atoms with E-state index in [1.165, 1.54) is 18.5 Å². The number of anilines is 1. The van der Waals surface area contributed by atoms with Gasteiger partial charge in [0.05, 0.1) is 19.7 Å². The first kappa shape index (κ1) is 16.8. The summed E-state index contributed by atoms with van der Waals surface area (Å²) in [6, 6.07) is 6.08. The van der Waals surface area contributed by atoms with Crippen molar-refractivity contribution in [3.05, 3.63) is 24.4 Å². The Kier molecular flexibility index (Phi) is 5.09. The third-order valence-electron chi connectivity index (χ3n) is 5.28. The number of hydrogen-bond acceptors (Lipinski definition) is 5. The molecule has 1 atom stereocenters. The van der Waals surface area contributed by atoms with Crippen molar-refractivity contribution in [2.75, 3.05) is 38.8 Å². The second-order valence-electron chi connectivity index (χ2n) is 6.59. The summed E-state index contributed by atoms with van der Waals surface area (Å²) in [6.45, 7) is 5.16. The van der Waals surface area contributed by atoms with Crippen molar-refractivity contribution in [3.8, 4) is 11.5 Å². The van der Waals surface area contributed by atoms with E-state index < -0.39 is 0 Å². The van der Waals surface area contributed by atoms with E-state index in [-0.39, 0.29) is 0 Å². The molecule has 1 aromatic carbocycles. The maximum absolute atomic E-state index is 5.83. The monoisotopic (exact) mass is 329 g/mol. The summed E-state index contributed by atoms with van der Waals surface area (Å²) in [5.74, 6) is 2.79. The second kappa shape index (κ2) is 7.26. The fourth-order valence-electron chi connectivity index (χ4n) is 3.64. The van der Waals surface area contributed by atoms with E-state index in [0.717, 1.165) is 42.2 Å². The Morgan fingerprint density at radius 3 is 2.50 bits per heavy atom. The molecular formula is C19H27N3O2. The normalized spacial score (nSPS) is 17.1. The summed E-state index contributed by atoms with van der Waals surface area (Å²) < 4.78 is 10.9. The standard InChI is InChI=1S/C19H27N3O2/c1-13(12-20)14-5-8-22(9-6-14)17-4-7-21-16-11-19(24-3)18(23-2)10-15(16)17/h4,7,10-11,13-14H,5-6,8-9,12,20H2,1-3H3. The number of piperidine rings is 1. The van der Waals surface area contributed by atoms with Crippen LogP contribution >= 0.6 is 0 Å². The highest BCUT2D eigenvalue weighted by Gasteiger charge is 2.24. The van der Waals surface area contributed by atoms with Crippen LogP contribution in [-0.4, -0.2) is 38.8 Å². The van der Waals surface area contributed by atoms with E-state index in [4.69, 9.17) is 15.2 Å². The number of rotatable bonds is 5. The van der Waals surface area contributed by atoms with Crippen LogP contribution in [0.5, 0.6) is 11.5 Å². The van der Waals surface area contributed by atoms with Gasteiger partial charge in [0, 0.05) is 36.4 Å². The number of benzene rings is 1. The largest absolute Gasteiger partial charge is 0.493 e. The van der Waals surface area contributed by atoms with Gasteiger partial charge in [-0.15, -0.1) is 0 Å². The van der Waals surface area contributed by atoms with Gasteiger partial charge in [-0.1, -0.05) is 6.92 Å². The summed E-state index contributed by atoms with van der Waals surface area (Å²) in [6.07, 6.45) is 4.25. The zero-order chi connectivity index (χ0) is 17.1. The highest BCUT2D eigenvalue weighted by Crippen LogP contribution is 2.37.